The number of ketones is 1. The quantitative estimate of drug-likeness (QED) is 0.663. The summed E-state index contributed by atoms with van der Waals surface area (Å²) in [6.07, 6.45) is -0.478. The van der Waals surface area contributed by atoms with Gasteiger partial charge in [0, 0.05) is 37.3 Å². The molecule has 1 aliphatic rings. The normalized spacial score (nSPS) is 14.8. The van der Waals surface area contributed by atoms with E-state index in [-0.39, 0.29) is 12.2 Å². The second-order valence-electron chi connectivity index (χ2n) is 8.76. The van der Waals surface area contributed by atoms with Crippen LogP contribution in [0.2, 0.25) is 0 Å². The summed E-state index contributed by atoms with van der Waals surface area (Å²) in [5.74, 6) is -0.0633. The maximum absolute atomic E-state index is 12.6. The Kier molecular flexibility index (Phi) is 6.90. The van der Waals surface area contributed by atoms with Crippen molar-refractivity contribution in [3.63, 3.8) is 0 Å². The molecule has 1 unspecified atom stereocenters. The summed E-state index contributed by atoms with van der Waals surface area (Å²) in [6, 6.07) is 15.1. The Balaban J connectivity index is 1.47. The molecule has 0 saturated heterocycles. The van der Waals surface area contributed by atoms with Crippen LogP contribution in [0.5, 0.6) is 0 Å². The number of anilines is 1. The number of hydrogen-bond acceptors (Lipinski definition) is 5. The number of amides is 1. The van der Waals surface area contributed by atoms with Crippen molar-refractivity contribution in [3.05, 3.63) is 65.2 Å². The van der Waals surface area contributed by atoms with Gasteiger partial charge in [0.25, 0.3) is 0 Å². The Labute approximate surface area is 177 Å². The largest absolute Gasteiger partial charge is 0.444 e. The number of rotatable bonds is 7. The van der Waals surface area contributed by atoms with E-state index < -0.39 is 17.8 Å². The first kappa shape index (κ1) is 22.0. The first-order chi connectivity index (χ1) is 14.2. The lowest BCUT2D eigenvalue weighted by Crippen LogP contribution is -2.28. The van der Waals surface area contributed by atoms with Gasteiger partial charge >= 0.3 is 6.09 Å². The highest BCUT2D eigenvalue weighted by atomic mass is 16.6. The molecule has 2 N–H and O–H groups in total. The lowest BCUT2D eigenvalue weighted by molar-refractivity contribution is 0.0635. The molecule has 30 heavy (non-hydrogen) atoms. The van der Waals surface area contributed by atoms with E-state index in [1.165, 1.54) is 11.1 Å². The molecule has 0 saturated carbocycles. The lowest BCUT2D eigenvalue weighted by Gasteiger charge is -2.20. The molecule has 2 aromatic rings. The van der Waals surface area contributed by atoms with E-state index in [1.807, 2.05) is 12.1 Å². The van der Waals surface area contributed by atoms with Crippen molar-refractivity contribution in [2.75, 3.05) is 11.9 Å². The fourth-order valence-electron chi connectivity index (χ4n) is 3.56. The van der Waals surface area contributed by atoms with Gasteiger partial charge < -0.3 is 9.84 Å². The zero-order chi connectivity index (χ0) is 21.7. The summed E-state index contributed by atoms with van der Waals surface area (Å²) in [6.45, 7) is 7.58. The van der Waals surface area contributed by atoms with Crippen LogP contribution in [0.4, 0.5) is 10.5 Å². The van der Waals surface area contributed by atoms with Crippen LogP contribution in [0.1, 0.15) is 55.1 Å². The van der Waals surface area contributed by atoms with Gasteiger partial charge in [-0.25, -0.2) is 4.79 Å². The molecule has 0 bridgehead atoms. The van der Waals surface area contributed by atoms with E-state index in [0.29, 0.717) is 24.2 Å². The molecule has 6 nitrogen and oxygen atoms in total. The van der Waals surface area contributed by atoms with E-state index in [1.54, 1.807) is 45.0 Å². The minimum Gasteiger partial charge on any atom is -0.444 e. The molecule has 0 radical (unpaired) electrons. The first-order valence-electron chi connectivity index (χ1n) is 10.3. The number of ether oxygens (including phenoxy) is 1. The standard InChI is InChI=1S/C24H30N2O4/c1-24(2,3)30-23(29)25-20-10-6-9-17(13-20)22(28)12-11-21(27)16-26-14-18-7-4-5-8-19(18)15-26/h4-10,13,21,27H,11-12,14-16H2,1-3H3,(H,25,29). The smallest absolute Gasteiger partial charge is 0.412 e. The average Bonchev–Trinajstić information content (AvgIpc) is 3.07. The fourth-order valence-corrected chi connectivity index (χ4v) is 3.56. The molecule has 1 amide bonds. The number of carbonyl (C=O) groups is 2. The number of nitrogens with one attached hydrogen (secondary N) is 1. The molecule has 0 aliphatic carbocycles. The number of aliphatic hydroxyl groups excluding tert-OH is 1. The number of hydrogen-bond donors (Lipinski definition) is 2. The Morgan fingerprint density at radius 2 is 1.77 bits per heavy atom. The number of β-amino-alcohol motifs (C(OH)–C–C–N with tert-alkyl or cyclic N) is 1. The summed E-state index contributed by atoms with van der Waals surface area (Å²) < 4.78 is 5.23. The molecule has 1 atom stereocenters. The predicted octanol–water partition coefficient (Wildman–Crippen LogP) is 4.37. The zero-order valence-electron chi connectivity index (χ0n) is 17.9. The van der Waals surface area contributed by atoms with Gasteiger partial charge in [-0.15, -0.1) is 0 Å². The minimum atomic E-state index is -0.593. The van der Waals surface area contributed by atoms with E-state index in [0.717, 1.165) is 13.1 Å². The van der Waals surface area contributed by atoms with Crippen LogP contribution < -0.4 is 5.32 Å². The zero-order valence-corrected chi connectivity index (χ0v) is 17.9. The molecule has 3 rings (SSSR count). The third-order valence-electron chi connectivity index (χ3n) is 4.91. The summed E-state index contributed by atoms with van der Waals surface area (Å²) in [5, 5.41) is 13.0. The van der Waals surface area contributed by atoms with E-state index in [4.69, 9.17) is 4.74 Å². The molecule has 6 heteroatoms. The highest BCUT2D eigenvalue weighted by Gasteiger charge is 2.21. The van der Waals surface area contributed by atoms with Gasteiger partial charge in [0.05, 0.1) is 6.10 Å². The Morgan fingerprint density at radius 1 is 1.10 bits per heavy atom. The van der Waals surface area contributed by atoms with Crippen LogP contribution in [-0.2, 0) is 17.8 Å². The highest BCUT2D eigenvalue weighted by molar-refractivity contribution is 5.97. The van der Waals surface area contributed by atoms with E-state index in [2.05, 4.69) is 22.3 Å². The second kappa shape index (κ2) is 9.41. The monoisotopic (exact) mass is 410 g/mol. The van der Waals surface area contributed by atoms with Crippen LogP contribution in [0.3, 0.4) is 0 Å². The van der Waals surface area contributed by atoms with E-state index in [9.17, 15) is 14.7 Å². The van der Waals surface area contributed by atoms with Gasteiger partial charge in [-0.2, -0.15) is 0 Å². The third-order valence-corrected chi connectivity index (χ3v) is 4.91. The van der Waals surface area contributed by atoms with Crippen molar-refractivity contribution in [2.45, 2.75) is 58.4 Å². The summed E-state index contributed by atoms with van der Waals surface area (Å²) in [4.78, 5) is 26.7. The molecule has 0 spiro atoms. The molecule has 160 valence electrons. The van der Waals surface area contributed by atoms with Crippen LogP contribution in [0, 0.1) is 0 Å². The number of nitrogens with zero attached hydrogens (tertiary/aromatic N) is 1. The number of fused-ring (bicyclic) bond motifs is 1. The Hall–Kier alpha value is -2.70. The number of aliphatic hydroxyl groups is 1. The van der Waals surface area contributed by atoms with E-state index >= 15 is 0 Å². The molecule has 0 aromatic heterocycles. The maximum Gasteiger partial charge on any atom is 0.412 e. The highest BCUT2D eigenvalue weighted by Crippen LogP contribution is 2.23. The van der Waals surface area contributed by atoms with Crippen molar-refractivity contribution in [3.8, 4) is 0 Å². The summed E-state index contributed by atoms with van der Waals surface area (Å²) in [5.41, 5.74) is 3.02. The molecule has 0 fully saturated rings. The first-order valence-corrected chi connectivity index (χ1v) is 10.3. The van der Waals surface area contributed by atoms with Gasteiger partial charge in [0.1, 0.15) is 5.60 Å². The Morgan fingerprint density at radius 3 is 2.40 bits per heavy atom. The van der Waals surface area contributed by atoms with Gasteiger partial charge in [-0.1, -0.05) is 36.4 Å². The molecule has 1 aliphatic heterocycles. The van der Waals surface area contributed by atoms with Crippen molar-refractivity contribution < 1.29 is 19.4 Å². The fraction of sp³-hybridized carbons (Fsp3) is 0.417. The minimum absolute atomic E-state index is 0.0633. The SMILES string of the molecule is CC(C)(C)OC(=O)Nc1cccc(C(=O)CCC(O)CN2Cc3ccccc3C2)c1. The number of Topliss-reactive ketones (excluding diaryl/α,β-unsaturated/α-hetero) is 1. The molecule has 1 heterocycles. The van der Waals surface area contributed by atoms with Gasteiger partial charge in [0.15, 0.2) is 5.78 Å². The summed E-state index contributed by atoms with van der Waals surface area (Å²) in [7, 11) is 0. The van der Waals surface area contributed by atoms with Crippen molar-refractivity contribution in [1.29, 1.82) is 0 Å². The predicted molar refractivity (Wildman–Crippen MR) is 116 cm³/mol. The van der Waals surface area contributed by atoms with Gasteiger partial charge in [-0.05, 0) is 50.5 Å². The molecular weight excluding hydrogens is 380 g/mol. The third kappa shape index (κ3) is 6.40. The van der Waals surface area contributed by atoms with Crippen molar-refractivity contribution >= 4 is 17.6 Å². The summed E-state index contributed by atoms with van der Waals surface area (Å²) >= 11 is 0. The number of carbonyl (C=O) groups excluding carboxylic acids is 2. The number of benzene rings is 2. The van der Waals surface area contributed by atoms with Crippen LogP contribution in [0.15, 0.2) is 48.5 Å². The van der Waals surface area contributed by atoms with Crippen molar-refractivity contribution in [1.82, 2.24) is 4.90 Å². The maximum atomic E-state index is 12.6. The topological polar surface area (TPSA) is 78.9 Å². The van der Waals surface area contributed by atoms with Crippen molar-refractivity contribution in [2.24, 2.45) is 0 Å². The van der Waals surface area contributed by atoms with Crippen LogP contribution in [-0.4, -0.2) is 40.1 Å². The Bertz CT molecular complexity index is 879. The molecular formula is C24H30N2O4. The average molecular weight is 411 g/mol. The van der Waals surface area contributed by atoms with Crippen LogP contribution >= 0.6 is 0 Å². The molecule has 2 aromatic carbocycles. The van der Waals surface area contributed by atoms with Crippen LogP contribution in [0.25, 0.3) is 0 Å². The van der Waals surface area contributed by atoms with Gasteiger partial charge in [0.2, 0.25) is 0 Å². The van der Waals surface area contributed by atoms with Gasteiger partial charge in [-0.3, -0.25) is 15.0 Å². The second-order valence-corrected chi connectivity index (χ2v) is 8.76. The lowest BCUT2D eigenvalue weighted by atomic mass is 10.0.